The SMILES string of the molecule is COc1ccc(-c2cccn3nc(Nc4ccc(C(=O)C=O)cc4)nc23)cn1. The molecule has 1 N–H and O–H groups in total. The summed E-state index contributed by atoms with van der Waals surface area (Å²) >= 11 is 0. The maximum atomic E-state index is 11.4. The topological polar surface area (TPSA) is 98.5 Å². The first kappa shape index (κ1) is 17.3. The predicted octanol–water partition coefficient (Wildman–Crippen LogP) is 2.93. The number of aldehydes is 1. The lowest BCUT2D eigenvalue weighted by Crippen LogP contribution is -2.00. The summed E-state index contributed by atoms with van der Waals surface area (Å²) in [4.78, 5) is 30.7. The highest BCUT2D eigenvalue weighted by Gasteiger charge is 2.11. The van der Waals surface area contributed by atoms with Crippen LogP contribution in [0.2, 0.25) is 0 Å². The number of hydrogen-bond acceptors (Lipinski definition) is 7. The molecule has 0 amide bonds. The number of Topliss-reactive ketones (excluding diaryl/α,β-unsaturated/α-hetero) is 1. The van der Waals surface area contributed by atoms with E-state index in [1.54, 1.807) is 54.4 Å². The Hall–Kier alpha value is -4.07. The third-order valence-electron chi connectivity index (χ3n) is 4.15. The average molecular weight is 373 g/mol. The number of fused-ring (bicyclic) bond motifs is 1. The molecular formula is C20H15N5O3. The summed E-state index contributed by atoms with van der Waals surface area (Å²) in [5.74, 6) is 0.384. The average Bonchev–Trinajstić information content (AvgIpc) is 3.16. The zero-order valence-corrected chi connectivity index (χ0v) is 14.9. The zero-order chi connectivity index (χ0) is 19.5. The van der Waals surface area contributed by atoms with Crippen LogP contribution in [0.25, 0.3) is 16.8 Å². The Kier molecular flexibility index (Phi) is 4.51. The number of rotatable bonds is 6. The first-order valence-electron chi connectivity index (χ1n) is 8.40. The first-order valence-corrected chi connectivity index (χ1v) is 8.40. The van der Waals surface area contributed by atoms with Crippen molar-refractivity contribution in [2.75, 3.05) is 12.4 Å². The Bertz CT molecular complexity index is 1150. The number of anilines is 2. The van der Waals surface area contributed by atoms with Crippen LogP contribution < -0.4 is 10.1 Å². The maximum Gasteiger partial charge on any atom is 0.247 e. The summed E-state index contributed by atoms with van der Waals surface area (Å²) in [6.45, 7) is 0. The first-order chi connectivity index (χ1) is 13.7. The zero-order valence-electron chi connectivity index (χ0n) is 14.9. The van der Waals surface area contributed by atoms with Crippen LogP contribution in [0.3, 0.4) is 0 Å². The van der Waals surface area contributed by atoms with E-state index in [-0.39, 0.29) is 0 Å². The normalized spacial score (nSPS) is 10.6. The van der Waals surface area contributed by atoms with Gasteiger partial charge in [-0.05, 0) is 42.5 Å². The van der Waals surface area contributed by atoms with Crippen LogP contribution in [0.1, 0.15) is 10.4 Å². The third kappa shape index (κ3) is 3.30. The number of ether oxygens (including phenoxy) is 1. The Balaban J connectivity index is 1.64. The van der Waals surface area contributed by atoms with Gasteiger partial charge in [-0.25, -0.2) is 9.50 Å². The number of methoxy groups -OCH3 is 1. The van der Waals surface area contributed by atoms with E-state index in [9.17, 15) is 9.59 Å². The van der Waals surface area contributed by atoms with Crippen molar-refractivity contribution in [2.45, 2.75) is 0 Å². The molecule has 0 bridgehead atoms. The van der Waals surface area contributed by atoms with Crippen LogP contribution in [0.15, 0.2) is 60.9 Å². The standard InChI is InChI=1S/C20H15N5O3/c1-28-18-9-6-14(11-21-18)16-3-2-10-25-19(16)23-20(24-25)22-15-7-4-13(5-8-15)17(27)12-26/h2-12H,1H3,(H,22,24). The number of carbonyl (C=O) groups excluding carboxylic acids is 2. The Labute approximate surface area is 159 Å². The highest BCUT2D eigenvalue weighted by molar-refractivity contribution is 6.33. The maximum absolute atomic E-state index is 11.4. The molecule has 138 valence electrons. The van der Waals surface area contributed by atoms with Crippen LogP contribution in [-0.2, 0) is 4.79 Å². The molecule has 0 atom stereocenters. The Morgan fingerprint density at radius 2 is 1.96 bits per heavy atom. The second-order valence-corrected chi connectivity index (χ2v) is 5.90. The van der Waals surface area contributed by atoms with Gasteiger partial charge in [-0.15, -0.1) is 5.10 Å². The van der Waals surface area contributed by atoms with Crippen LogP contribution >= 0.6 is 0 Å². The van der Waals surface area contributed by atoms with Crippen molar-refractivity contribution in [3.63, 3.8) is 0 Å². The molecule has 28 heavy (non-hydrogen) atoms. The lowest BCUT2D eigenvalue weighted by atomic mass is 10.1. The molecule has 1 aromatic carbocycles. The highest BCUT2D eigenvalue weighted by Crippen LogP contribution is 2.25. The molecule has 0 aliphatic rings. The fourth-order valence-corrected chi connectivity index (χ4v) is 2.76. The Morgan fingerprint density at radius 3 is 2.64 bits per heavy atom. The molecule has 0 aliphatic carbocycles. The number of hydrogen-bond donors (Lipinski definition) is 1. The second kappa shape index (κ2) is 7.28. The fraction of sp³-hybridized carbons (Fsp3) is 0.0500. The van der Waals surface area contributed by atoms with Crippen molar-refractivity contribution < 1.29 is 14.3 Å². The van der Waals surface area contributed by atoms with Gasteiger partial charge in [0.05, 0.1) is 7.11 Å². The molecule has 4 rings (SSSR count). The second-order valence-electron chi connectivity index (χ2n) is 5.90. The van der Waals surface area contributed by atoms with Crippen molar-refractivity contribution in [2.24, 2.45) is 0 Å². The van der Waals surface area contributed by atoms with Gasteiger partial charge in [0.1, 0.15) is 0 Å². The van der Waals surface area contributed by atoms with Crippen LogP contribution in [0.4, 0.5) is 11.6 Å². The Morgan fingerprint density at radius 1 is 1.14 bits per heavy atom. The monoisotopic (exact) mass is 373 g/mol. The molecule has 0 spiro atoms. The lowest BCUT2D eigenvalue weighted by Gasteiger charge is -2.03. The van der Waals surface area contributed by atoms with Gasteiger partial charge in [0, 0.05) is 40.8 Å². The van der Waals surface area contributed by atoms with Gasteiger partial charge in [-0.3, -0.25) is 9.59 Å². The number of aromatic nitrogens is 4. The van der Waals surface area contributed by atoms with E-state index in [1.807, 2.05) is 18.2 Å². The van der Waals surface area contributed by atoms with E-state index in [1.165, 1.54) is 0 Å². The van der Waals surface area contributed by atoms with E-state index >= 15 is 0 Å². The summed E-state index contributed by atoms with van der Waals surface area (Å²) in [7, 11) is 1.57. The largest absolute Gasteiger partial charge is 0.481 e. The van der Waals surface area contributed by atoms with Gasteiger partial charge in [-0.2, -0.15) is 4.98 Å². The minimum absolute atomic E-state index is 0.293. The molecule has 0 aliphatic heterocycles. The van der Waals surface area contributed by atoms with Gasteiger partial charge in [0.15, 0.2) is 11.9 Å². The minimum Gasteiger partial charge on any atom is -0.481 e. The van der Waals surface area contributed by atoms with Crippen molar-refractivity contribution in [1.29, 1.82) is 0 Å². The van der Waals surface area contributed by atoms with Crippen molar-refractivity contribution >= 4 is 29.4 Å². The third-order valence-corrected chi connectivity index (χ3v) is 4.15. The molecule has 8 heteroatoms. The predicted molar refractivity (Wildman–Crippen MR) is 103 cm³/mol. The van der Waals surface area contributed by atoms with E-state index in [4.69, 9.17) is 4.74 Å². The number of pyridine rings is 2. The van der Waals surface area contributed by atoms with E-state index < -0.39 is 5.78 Å². The van der Waals surface area contributed by atoms with E-state index in [0.29, 0.717) is 35.0 Å². The smallest absolute Gasteiger partial charge is 0.247 e. The summed E-state index contributed by atoms with van der Waals surface area (Å²) in [6.07, 6.45) is 3.82. The van der Waals surface area contributed by atoms with Crippen LogP contribution in [0.5, 0.6) is 5.88 Å². The number of nitrogens with one attached hydrogen (secondary N) is 1. The lowest BCUT2D eigenvalue weighted by molar-refractivity contribution is -0.104. The van der Waals surface area contributed by atoms with Gasteiger partial charge in [0.25, 0.3) is 0 Å². The number of benzene rings is 1. The molecule has 0 unspecified atom stereocenters. The van der Waals surface area contributed by atoms with Gasteiger partial charge in [0.2, 0.25) is 17.6 Å². The number of carbonyl (C=O) groups is 2. The molecular weight excluding hydrogens is 358 g/mol. The van der Waals surface area contributed by atoms with Gasteiger partial charge >= 0.3 is 0 Å². The molecule has 3 heterocycles. The molecule has 0 fully saturated rings. The van der Waals surface area contributed by atoms with E-state index in [0.717, 1.165) is 11.1 Å². The quantitative estimate of drug-likeness (QED) is 0.315. The van der Waals surface area contributed by atoms with Crippen molar-refractivity contribution in [3.05, 3.63) is 66.5 Å². The highest BCUT2D eigenvalue weighted by atomic mass is 16.5. The van der Waals surface area contributed by atoms with E-state index in [2.05, 4.69) is 20.4 Å². The van der Waals surface area contributed by atoms with Crippen molar-refractivity contribution in [1.82, 2.24) is 19.6 Å². The summed E-state index contributed by atoms with van der Waals surface area (Å²) in [5, 5.41) is 7.52. The number of nitrogens with zero attached hydrogens (tertiary/aromatic N) is 4. The molecule has 3 aromatic heterocycles. The fourth-order valence-electron chi connectivity index (χ4n) is 2.76. The number of ketones is 1. The van der Waals surface area contributed by atoms with Gasteiger partial charge < -0.3 is 10.1 Å². The summed E-state index contributed by atoms with van der Waals surface area (Å²) < 4.78 is 6.77. The van der Waals surface area contributed by atoms with Crippen molar-refractivity contribution in [3.8, 4) is 17.0 Å². The molecule has 8 nitrogen and oxygen atoms in total. The summed E-state index contributed by atoms with van der Waals surface area (Å²) in [6, 6.07) is 14.0. The van der Waals surface area contributed by atoms with Crippen LogP contribution in [0, 0.1) is 0 Å². The van der Waals surface area contributed by atoms with Gasteiger partial charge in [-0.1, -0.05) is 0 Å². The van der Waals surface area contributed by atoms with Crippen LogP contribution in [-0.4, -0.2) is 38.8 Å². The summed E-state index contributed by atoms with van der Waals surface area (Å²) in [5.41, 5.74) is 3.47. The molecule has 0 saturated heterocycles. The molecule has 4 aromatic rings. The molecule has 0 radical (unpaired) electrons. The minimum atomic E-state index is -0.560. The molecule has 0 saturated carbocycles.